The molecule has 1 aliphatic rings. The molecule has 0 spiro atoms. The van der Waals surface area contributed by atoms with Crippen LogP contribution in [-0.4, -0.2) is 23.2 Å². The number of aromatic nitrogens is 2. The lowest BCUT2D eigenvalue weighted by Crippen LogP contribution is -2.27. The van der Waals surface area contributed by atoms with Gasteiger partial charge >= 0.3 is 0 Å². The predicted molar refractivity (Wildman–Crippen MR) is 70.4 cm³/mol. The van der Waals surface area contributed by atoms with Gasteiger partial charge in [-0.15, -0.1) is 0 Å². The molecule has 0 saturated heterocycles. The van der Waals surface area contributed by atoms with Gasteiger partial charge in [-0.25, -0.2) is 4.98 Å². The van der Waals surface area contributed by atoms with Gasteiger partial charge in [0.2, 0.25) is 5.75 Å². The van der Waals surface area contributed by atoms with E-state index in [0.717, 1.165) is 11.5 Å². The fourth-order valence-corrected chi connectivity index (χ4v) is 1.78. The number of nitrogens with zero attached hydrogens (tertiary/aromatic N) is 2. The third-order valence-electron chi connectivity index (χ3n) is 2.78. The molecule has 1 aromatic heterocycles. The normalized spacial score (nSPS) is 15.7. The van der Waals surface area contributed by atoms with Crippen LogP contribution in [0.2, 0.25) is 0 Å². The summed E-state index contributed by atoms with van der Waals surface area (Å²) >= 11 is 0. The maximum absolute atomic E-state index is 5.70. The molecule has 4 heteroatoms. The van der Waals surface area contributed by atoms with Gasteiger partial charge in [0, 0.05) is 10.8 Å². The molecular weight excluding hydrogens is 228 g/mol. The molecule has 0 amide bonds. The second kappa shape index (κ2) is 4.11. The topological polar surface area (TPSA) is 44.2 Å². The average molecular weight is 250 g/mol. The first-order valence-corrected chi connectivity index (χ1v) is 6.38. The third kappa shape index (κ3) is 2.42. The van der Waals surface area contributed by atoms with E-state index in [4.69, 9.17) is 14.5 Å². The minimum Gasteiger partial charge on any atom is -0.483 e. The molecule has 0 atom stereocenters. The molecule has 0 unspecified atom stereocenters. The molecule has 0 aliphatic carbocycles. The van der Waals surface area contributed by atoms with Crippen molar-refractivity contribution >= 4 is 0 Å². The van der Waals surface area contributed by atoms with Crippen LogP contribution in [0.5, 0.6) is 11.6 Å². The fraction of sp³-hybridized carbons (Fsp3) is 0.714. The molecule has 18 heavy (non-hydrogen) atoms. The summed E-state index contributed by atoms with van der Waals surface area (Å²) in [6.45, 7) is 13.8. The van der Waals surface area contributed by atoms with Crippen LogP contribution in [0.15, 0.2) is 0 Å². The van der Waals surface area contributed by atoms with Crippen LogP contribution in [0.1, 0.15) is 53.1 Å². The monoisotopic (exact) mass is 250 g/mol. The minimum absolute atomic E-state index is 0.0896. The van der Waals surface area contributed by atoms with E-state index in [9.17, 15) is 0 Å². The van der Waals surface area contributed by atoms with Crippen LogP contribution < -0.4 is 9.47 Å². The first kappa shape index (κ1) is 13.1. The first-order chi connectivity index (χ1) is 8.19. The number of ether oxygens (including phenoxy) is 2. The highest BCUT2D eigenvalue weighted by Gasteiger charge is 2.31. The van der Waals surface area contributed by atoms with E-state index in [1.807, 2.05) is 0 Å². The summed E-state index contributed by atoms with van der Waals surface area (Å²) in [7, 11) is 0. The highest BCUT2D eigenvalue weighted by atomic mass is 16.6. The molecule has 4 nitrogen and oxygen atoms in total. The molecule has 0 N–H and O–H groups in total. The second-order valence-corrected chi connectivity index (χ2v) is 6.73. The number of rotatable bonds is 0. The van der Waals surface area contributed by atoms with Gasteiger partial charge in [-0.2, -0.15) is 4.98 Å². The van der Waals surface area contributed by atoms with E-state index in [0.29, 0.717) is 24.8 Å². The summed E-state index contributed by atoms with van der Waals surface area (Å²) in [6.07, 6.45) is 0. The average Bonchev–Trinajstić information content (AvgIpc) is 2.25. The Morgan fingerprint density at radius 2 is 1.44 bits per heavy atom. The Hall–Kier alpha value is -1.32. The lowest BCUT2D eigenvalue weighted by molar-refractivity contribution is 0.157. The van der Waals surface area contributed by atoms with Gasteiger partial charge in [0.05, 0.1) is 5.69 Å². The van der Waals surface area contributed by atoms with Crippen molar-refractivity contribution in [3.63, 3.8) is 0 Å². The Labute approximate surface area is 109 Å². The van der Waals surface area contributed by atoms with Crippen LogP contribution in [0.3, 0.4) is 0 Å². The zero-order valence-electron chi connectivity index (χ0n) is 12.1. The fourth-order valence-electron chi connectivity index (χ4n) is 1.78. The van der Waals surface area contributed by atoms with E-state index in [-0.39, 0.29) is 10.8 Å². The zero-order chi connectivity index (χ0) is 13.6. The van der Waals surface area contributed by atoms with Crippen molar-refractivity contribution in [3.05, 3.63) is 11.5 Å². The standard InChI is InChI=1S/C14H22N2O2/c1-13(2,3)10-9-11(18-8-7-17-9)16-12(15-10)14(4,5)6/h7-8H2,1-6H3. The first-order valence-electron chi connectivity index (χ1n) is 6.38. The van der Waals surface area contributed by atoms with Crippen molar-refractivity contribution in [1.82, 2.24) is 9.97 Å². The van der Waals surface area contributed by atoms with Gasteiger partial charge in [0.15, 0.2) is 0 Å². The molecule has 0 radical (unpaired) electrons. The van der Waals surface area contributed by atoms with E-state index >= 15 is 0 Å². The summed E-state index contributed by atoms with van der Waals surface area (Å²) in [6, 6.07) is 0. The molecule has 1 aliphatic heterocycles. The van der Waals surface area contributed by atoms with Crippen molar-refractivity contribution in [2.45, 2.75) is 52.4 Å². The highest BCUT2D eigenvalue weighted by Crippen LogP contribution is 2.39. The van der Waals surface area contributed by atoms with Crippen molar-refractivity contribution in [2.24, 2.45) is 0 Å². The van der Waals surface area contributed by atoms with Crippen LogP contribution in [0.25, 0.3) is 0 Å². The number of hydrogen-bond donors (Lipinski definition) is 0. The van der Waals surface area contributed by atoms with Gasteiger partial charge in [0.1, 0.15) is 19.0 Å². The number of fused-ring (bicyclic) bond motifs is 1. The highest BCUT2D eigenvalue weighted by molar-refractivity contribution is 5.43. The molecule has 0 fully saturated rings. The lowest BCUT2D eigenvalue weighted by Gasteiger charge is -2.28. The quantitative estimate of drug-likeness (QED) is 0.710. The van der Waals surface area contributed by atoms with Gasteiger partial charge in [0.25, 0.3) is 5.88 Å². The largest absolute Gasteiger partial charge is 0.483 e. The van der Waals surface area contributed by atoms with Crippen LogP contribution in [0.4, 0.5) is 0 Å². The Kier molecular flexibility index (Phi) is 2.99. The third-order valence-corrected chi connectivity index (χ3v) is 2.78. The molecule has 2 rings (SSSR count). The summed E-state index contributed by atoms with van der Waals surface area (Å²) in [5.74, 6) is 2.10. The summed E-state index contributed by atoms with van der Waals surface area (Å²) in [5, 5.41) is 0. The summed E-state index contributed by atoms with van der Waals surface area (Å²) in [5.41, 5.74) is 0.737. The molecule has 0 aromatic carbocycles. The Balaban J connectivity index is 2.63. The van der Waals surface area contributed by atoms with Crippen LogP contribution in [-0.2, 0) is 10.8 Å². The van der Waals surface area contributed by atoms with E-state index in [2.05, 4.69) is 46.5 Å². The molecule has 0 saturated carbocycles. The van der Waals surface area contributed by atoms with E-state index < -0.39 is 0 Å². The van der Waals surface area contributed by atoms with E-state index in [1.165, 1.54) is 0 Å². The maximum Gasteiger partial charge on any atom is 0.260 e. The van der Waals surface area contributed by atoms with Gasteiger partial charge in [-0.1, -0.05) is 41.5 Å². The van der Waals surface area contributed by atoms with Gasteiger partial charge in [-0.3, -0.25) is 0 Å². The van der Waals surface area contributed by atoms with E-state index in [1.54, 1.807) is 0 Å². The maximum atomic E-state index is 5.70. The smallest absolute Gasteiger partial charge is 0.260 e. The lowest BCUT2D eigenvalue weighted by atomic mass is 9.89. The van der Waals surface area contributed by atoms with Gasteiger partial charge < -0.3 is 9.47 Å². The van der Waals surface area contributed by atoms with Crippen molar-refractivity contribution < 1.29 is 9.47 Å². The molecular formula is C14H22N2O2. The van der Waals surface area contributed by atoms with Crippen molar-refractivity contribution in [1.29, 1.82) is 0 Å². The predicted octanol–water partition coefficient (Wildman–Crippen LogP) is 2.84. The Bertz CT molecular complexity index is 456. The molecule has 2 heterocycles. The SMILES string of the molecule is CC(C)(C)c1nc2c(c(C(C)(C)C)n1)OCCO2. The second-order valence-electron chi connectivity index (χ2n) is 6.73. The summed E-state index contributed by atoms with van der Waals surface area (Å²) in [4.78, 5) is 9.21. The van der Waals surface area contributed by atoms with Crippen molar-refractivity contribution in [3.8, 4) is 11.6 Å². The van der Waals surface area contributed by atoms with Crippen molar-refractivity contribution in [2.75, 3.05) is 13.2 Å². The Morgan fingerprint density at radius 1 is 0.833 bits per heavy atom. The molecule has 1 aromatic rings. The van der Waals surface area contributed by atoms with Crippen LogP contribution >= 0.6 is 0 Å². The van der Waals surface area contributed by atoms with Crippen LogP contribution in [0, 0.1) is 0 Å². The summed E-state index contributed by atoms with van der Waals surface area (Å²) < 4.78 is 11.3. The van der Waals surface area contributed by atoms with Gasteiger partial charge in [-0.05, 0) is 0 Å². The Morgan fingerprint density at radius 3 is 2.00 bits per heavy atom. The molecule has 0 bridgehead atoms. The zero-order valence-corrected chi connectivity index (χ0v) is 12.1. The number of hydrogen-bond acceptors (Lipinski definition) is 4. The molecule has 100 valence electrons. The minimum atomic E-state index is -0.101.